The zero-order chi connectivity index (χ0) is 17.2. The average molecular weight is 320 g/mol. The number of hydrogen-bond acceptors (Lipinski definition) is 4. The lowest BCUT2D eigenvalue weighted by atomic mass is 10.1. The molecule has 1 aromatic rings. The van der Waals surface area contributed by atoms with Crippen LogP contribution in [-0.2, 0) is 17.8 Å². The lowest BCUT2D eigenvalue weighted by molar-refractivity contribution is 0.0242. The van der Waals surface area contributed by atoms with Crippen molar-refractivity contribution in [1.82, 2.24) is 9.80 Å². The summed E-state index contributed by atoms with van der Waals surface area (Å²) < 4.78 is 11.3. The molecule has 1 aliphatic heterocycles. The average Bonchev–Trinajstić information content (AvgIpc) is 2.85. The molecule has 0 aromatic heterocycles. The number of fused-ring (bicyclic) bond motifs is 1. The number of nitrogens with zero attached hydrogens (tertiary/aromatic N) is 2. The van der Waals surface area contributed by atoms with Crippen LogP contribution in [0.4, 0.5) is 4.79 Å². The van der Waals surface area contributed by atoms with Crippen LogP contribution < -0.4 is 4.74 Å². The van der Waals surface area contributed by atoms with Crippen molar-refractivity contribution in [1.29, 1.82) is 0 Å². The van der Waals surface area contributed by atoms with Crippen LogP contribution >= 0.6 is 0 Å². The van der Waals surface area contributed by atoms with Gasteiger partial charge in [-0.1, -0.05) is 6.07 Å². The van der Waals surface area contributed by atoms with Crippen molar-refractivity contribution in [2.75, 3.05) is 20.7 Å². The molecule has 0 aliphatic carbocycles. The van der Waals surface area contributed by atoms with Gasteiger partial charge < -0.3 is 14.4 Å². The van der Waals surface area contributed by atoms with Crippen molar-refractivity contribution < 1.29 is 14.3 Å². The highest BCUT2D eigenvalue weighted by atomic mass is 16.6. The monoisotopic (exact) mass is 320 g/mol. The molecule has 23 heavy (non-hydrogen) atoms. The number of amides is 1. The molecule has 0 saturated carbocycles. The lowest BCUT2D eigenvalue weighted by Gasteiger charge is -2.24. The Labute approximate surface area is 139 Å². The van der Waals surface area contributed by atoms with Gasteiger partial charge >= 0.3 is 6.09 Å². The van der Waals surface area contributed by atoms with Crippen LogP contribution in [0.3, 0.4) is 0 Å². The number of ether oxygens (including phenoxy) is 2. The summed E-state index contributed by atoms with van der Waals surface area (Å²) in [6.07, 6.45) is -0.266. The first-order valence-electron chi connectivity index (χ1n) is 8.04. The van der Waals surface area contributed by atoms with Crippen LogP contribution in [0.15, 0.2) is 18.2 Å². The first kappa shape index (κ1) is 17.6. The number of rotatable bonds is 4. The zero-order valence-electron chi connectivity index (χ0n) is 15.0. The van der Waals surface area contributed by atoms with Crippen molar-refractivity contribution in [2.24, 2.45) is 0 Å². The highest BCUT2D eigenvalue weighted by Gasteiger charge is 2.27. The standard InChI is InChI=1S/C18H28N2O3/c1-13(19(5)6)12-22-16-8-7-14-10-20(11-15(14)9-16)17(21)23-18(2,3)4/h7-9,13H,10-12H2,1-6H3. The largest absolute Gasteiger partial charge is 0.492 e. The third-order valence-corrected chi connectivity index (χ3v) is 3.92. The second-order valence-corrected chi connectivity index (χ2v) is 7.39. The maximum Gasteiger partial charge on any atom is 0.410 e. The molecular weight excluding hydrogens is 292 g/mol. The second-order valence-electron chi connectivity index (χ2n) is 7.39. The normalized spacial score (nSPS) is 15.5. The zero-order valence-corrected chi connectivity index (χ0v) is 15.0. The van der Waals surface area contributed by atoms with E-state index >= 15 is 0 Å². The van der Waals surface area contributed by atoms with Gasteiger partial charge in [-0.15, -0.1) is 0 Å². The number of likely N-dealkylation sites (N-methyl/N-ethyl adjacent to an activating group) is 1. The second kappa shape index (κ2) is 6.79. The summed E-state index contributed by atoms with van der Waals surface area (Å²) in [6, 6.07) is 6.39. The van der Waals surface area contributed by atoms with Gasteiger partial charge in [0.1, 0.15) is 18.0 Å². The van der Waals surface area contributed by atoms with Crippen molar-refractivity contribution >= 4 is 6.09 Å². The summed E-state index contributed by atoms with van der Waals surface area (Å²) >= 11 is 0. The maximum atomic E-state index is 12.2. The maximum absolute atomic E-state index is 12.2. The predicted octanol–water partition coefficient (Wildman–Crippen LogP) is 3.27. The molecule has 1 atom stereocenters. The van der Waals surface area contributed by atoms with Gasteiger partial charge in [0.05, 0.1) is 0 Å². The van der Waals surface area contributed by atoms with Gasteiger partial charge in [0.2, 0.25) is 0 Å². The minimum atomic E-state index is -0.470. The van der Waals surface area contributed by atoms with E-state index in [9.17, 15) is 4.79 Å². The fourth-order valence-corrected chi connectivity index (χ4v) is 2.28. The van der Waals surface area contributed by atoms with Crippen LogP contribution in [0.2, 0.25) is 0 Å². The summed E-state index contributed by atoms with van der Waals surface area (Å²) in [5, 5.41) is 0. The summed E-state index contributed by atoms with van der Waals surface area (Å²) in [5.41, 5.74) is 1.82. The first-order valence-corrected chi connectivity index (χ1v) is 8.04. The molecule has 0 radical (unpaired) electrons. The van der Waals surface area contributed by atoms with E-state index < -0.39 is 5.60 Å². The van der Waals surface area contributed by atoms with Crippen LogP contribution in [0.5, 0.6) is 5.75 Å². The Hall–Kier alpha value is -1.75. The van der Waals surface area contributed by atoms with Crippen molar-refractivity contribution in [3.63, 3.8) is 0 Å². The van der Waals surface area contributed by atoms with E-state index in [1.807, 2.05) is 53.1 Å². The summed E-state index contributed by atoms with van der Waals surface area (Å²) in [6.45, 7) is 9.58. The van der Waals surface area contributed by atoms with Gasteiger partial charge in [0.25, 0.3) is 0 Å². The lowest BCUT2D eigenvalue weighted by Crippen LogP contribution is -2.33. The van der Waals surface area contributed by atoms with Crippen LogP contribution in [0.25, 0.3) is 0 Å². The topological polar surface area (TPSA) is 42.0 Å². The molecule has 2 rings (SSSR count). The SMILES string of the molecule is CC(COc1ccc2c(c1)CN(C(=O)OC(C)(C)C)C2)N(C)C. The third-order valence-electron chi connectivity index (χ3n) is 3.92. The molecule has 1 unspecified atom stereocenters. The van der Waals surface area contributed by atoms with Gasteiger partial charge in [-0.2, -0.15) is 0 Å². The molecule has 0 fully saturated rings. The summed E-state index contributed by atoms with van der Waals surface area (Å²) in [4.78, 5) is 16.0. The Morgan fingerprint density at radius 1 is 1.26 bits per heavy atom. The van der Waals surface area contributed by atoms with Gasteiger partial charge in [-0.05, 0) is 65.0 Å². The van der Waals surface area contributed by atoms with E-state index in [0.717, 1.165) is 16.9 Å². The van der Waals surface area contributed by atoms with E-state index in [4.69, 9.17) is 9.47 Å². The minimum Gasteiger partial charge on any atom is -0.492 e. The molecule has 0 bridgehead atoms. The molecule has 1 aliphatic rings. The van der Waals surface area contributed by atoms with E-state index in [-0.39, 0.29) is 6.09 Å². The van der Waals surface area contributed by atoms with Gasteiger partial charge in [-0.3, -0.25) is 4.90 Å². The molecule has 0 N–H and O–H groups in total. The quantitative estimate of drug-likeness (QED) is 0.854. The third kappa shape index (κ3) is 4.86. The Morgan fingerprint density at radius 2 is 1.91 bits per heavy atom. The van der Waals surface area contributed by atoms with Gasteiger partial charge in [0.15, 0.2) is 0 Å². The molecule has 1 amide bonds. The Bertz CT molecular complexity index is 564. The fourth-order valence-electron chi connectivity index (χ4n) is 2.28. The number of benzene rings is 1. The number of carbonyl (C=O) groups excluding carboxylic acids is 1. The van der Waals surface area contributed by atoms with Crippen molar-refractivity contribution in [3.8, 4) is 5.75 Å². The van der Waals surface area contributed by atoms with E-state index in [1.54, 1.807) is 4.90 Å². The summed E-state index contributed by atoms with van der Waals surface area (Å²) in [7, 11) is 4.07. The molecular formula is C18H28N2O3. The fraction of sp³-hybridized carbons (Fsp3) is 0.611. The molecule has 5 nitrogen and oxygen atoms in total. The molecule has 128 valence electrons. The van der Waals surface area contributed by atoms with Crippen LogP contribution in [-0.4, -0.2) is 48.2 Å². The van der Waals surface area contributed by atoms with Crippen LogP contribution in [0, 0.1) is 0 Å². The molecule has 0 saturated heterocycles. The van der Waals surface area contributed by atoms with Crippen molar-refractivity contribution in [2.45, 2.75) is 52.4 Å². The van der Waals surface area contributed by atoms with Gasteiger partial charge in [0, 0.05) is 19.1 Å². The van der Waals surface area contributed by atoms with E-state index in [0.29, 0.717) is 25.7 Å². The van der Waals surface area contributed by atoms with Crippen LogP contribution in [0.1, 0.15) is 38.8 Å². The molecule has 1 heterocycles. The predicted molar refractivity (Wildman–Crippen MR) is 90.6 cm³/mol. The smallest absolute Gasteiger partial charge is 0.410 e. The van der Waals surface area contributed by atoms with E-state index in [1.165, 1.54) is 0 Å². The molecule has 1 aromatic carbocycles. The van der Waals surface area contributed by atoms with E-state index in [2.05, 4.69) is 11.8 Å². The van der Waals surface area contributed by atoms with Gasteiger partial charge in [-0.25, -0.2) is 4.79 Å². The highest BCUT2D eigenvalue weighted by molar-refractivity contribution is 5.69. The summed E-state index contributed by atoms with van der Waals surface area (Å²) in [5.74, 6) is 0.850. The number of carbonyl (C=O) groups is 1. The Balaban J connectivity index is 1.97. The first-order chi connectivity index (χ1) is 10.7. The number of hydrogen-bond donors (Lipinski definition) is 0. The minimum absolute atomic E-state index is 0.266. The Morgan fingerprint density at radius 3 is 2.52 bits per heavy atom. The molecule has 0 spiro atoms. The highest BCUT2D eigenvalue weighted by Crippen LogP contribution is 2.28. The Kier molecular flexibility index (Phi) is 5.19. The van der Waals surface area contributed by atoms with Crippen molar-refractivity contribution in [3.05, 3.63) is 29.3 Å². The molecule has 5 heteroatoms.